The Hall–Kier alpha value is -1.65. The van der Waals surface area contributed by atoms with Gasteiger partial charge in [0.15, 0.2) is 0 Å². The number of allylic oxidation sites excluding steroid dienone is 2. The standard InChI is InChI=1S/C17H22N2O3/c20-13(18-7-2-1-3-8-18)6-9-19-16(21)14-11-4-5-12(10-11)15(14)17(19)22/h4-5,11-12,14-15H,1-3,6-10H2/t11-,12-,14+,15+/m1/s1. The smallest absolute Gasteiger partial charge is 0.233 e. The van der Waals surface area contributed by atoms with E-state index in [2.05, 4.69) is 12.2 Å². The molecular formula is C17H22N2O3. The van der Waals surface area contributed by atoms with E-state index in [0.717, 1.165) is 32.4 Å². The summed E-state index contributed by atoms with van der Waals surface area (Å²) in [6, 6.07) is 0. The first-order valence-corrected chi connectivity index (χ1v) is 8.48. The van der Waals surface area contributed by atoms with Gasteiger partial charge in [0.2, 0.25) is 17.7 Å². The second-order valence-electron chi connectivity index (χ2n) is 7.02. The lowest BCUT2D eigenvalue weighted by atomic mass is 9.85. The van der Waals surface area contributed by atoms with E-state index in [1.807, 2.05) is 4.90 Å². The van der Waals surface area contributed by atoms with E-state index in [-0.39, 0.29) is 54.4 Å². The van der Waals surface area contributed by atoms with Crippen LogP contribution in [0, 0.1) is 23.7 Å². The molecule has 0 radical (unpaired) electrons. The zero-order valence-electron chi connectivity index (χ0n) is 12.7. The van der Waals surface area contributed by atoms with Gasteiger partial charge in [0.1, 0.15) is 0 Å². The zero-order valence-corrected chi connectivity index (χ0v) is 12.7. The Morgan fingerprint density at radius 2 is 1.59 bits per heavy atom. The Kier molecular flexibility index (Phi) is 3.31. The fraction of sp³-hybridized carbons (Fsp3) is 0.706. The summed E-state index contributed by atoms with van der Waals surface area (Å²) in [5, 5.41) is 0. The third-order valence-electron chi connectivity index (χ3n) is 5.82. The highest BCUT2D eigenvalue weighted by Gasteiger charge is 2.59. The number of carbonyl (C=O) groups excluding carboxylic acids is 3. The average molecular weight is 302 g/mol. The van der Waals surface area contributed by atoms with Gasteiger partial charge in [-0.05, 0) is 37.5 Å². The van der Waals surface area contributed by atoms with Crippen LogP contribution in [-0.2, 0) is 14.4 Å². The highest BCUT2D eigenvalue weighted by molar-refractivity contribution is 6.06. The molecule has 0 aromatic rings. The highest BCUT2D eigenvalue weighted by Crippen LogP contribution is 2.52. The van der Waals surface area contributed by atoms with Crippen LogP contribution in [0.15, 0.2) is 12.2 Å². The molecule has 0 unspecified atom stereocenters. The number of amides is 3. The Morgan fingerprint density at radius 1 is 1.00 bits per heavy atom. The molecule has 4 aliphatic rings. The van der Waals surface area contributed by atoms with Crippen molar-refractivity contribution in [2.24, 2.45) is 23.7 Å². The Bertz CT molecular complexity index is 520. The van der Waals surface area contributed by atoms with E-state index in [4.69, 9.17) is 0 Å². The van der Waals surface area contributed by atoms with E-state index in [0.29, 0.717) is 0 Å². The van der Waals surface area contributed by atoms with Gasteiger partial charge in [-0.2, -0.15) is 0 Å². The second kappa shape index (κ2) is 5.21. The van der Waals surface area contributed by atoms with Gasteiger partial charge in [0.25, 0.3) is 0 Å². The topological polar surface area (TPSA) is 57.7 Å². The molecule has 2 saturated heterocycles. The number of likely N-dealkylation sites (tertiary alicyclic amines) is 2. The largest absolute Gasteiger partial charge is 0.343 e. The molecule has 118 valence electrons. The zero-order chi connectivity index (χ0) is 15.3. The summed E-state index contributed by atoms with van der Waals surface area (Å²) in [5.74, 6) is 0.193. The molecule has 2 bridgehead atoms. The molecule has 0 N–H and O–H groups in total. The normalized spacial score (nSPS) is 36.4. The third kappa shape index (κ3) is 2.02. The van der Waals surface area contributed by atoms with Crippen molar-refractivity contribution in [3.05, 3.63) is 12.2 Å². The summed E-state index contributed by atoms with van der Waals surface area (Å²) >= 11 is 0. The van der Waals surface area contributed by atoms with Crippen molar-refractivity contribution in [2.45, 2.75) is 32.1 Å². The second-order valence-corrected chi connectivity index (χ2v) is 7.02. The lowest BCUT2D eigenvalue weighted by Crippen LogP contribution is -2.40. The van der Waals surface area contributed by atoms with E-state index in [1.165, 1.54) is 11.3 Å². The number of piperidine rings is 1. The van der Waals surface area contributed by atoms with Gasteiger partial charge >= 0.3 is 0 Å². The molecule has 2 heterocycles. The number of hydrogen-bond acceptors (Lipinski definition) is 3. The predicted molar refractivity (Wildman–Crippen MR) is 79.5 cm³/mol. The Balaban J connectivity index is 1.39. The van der Waals surface area contributed by atoms with Crippen LogP contribution in [0.5, 0.6) is 0 Å². The van der Waals surface area contributed by atoms with Crippen molar-refractivity contribution in [3.63, 3.8) is 0 Å². The summed E-state index contributed by atoms with van der Waals surface area (Å²) in [6.07, 6.45) is 8.73. The van der Waals surface area contributed by atoms with Crippen LogP contribution in [0.1, 0.15) is 32.1 Å². The first-order valence-electron chi connectivity index (χ1n) is 8.48. The molecular weight excluding hydrogens is 280 g/mol. The number of nitrogens with zero attached hydrogens (tertiary/aromatic N) is 2. The molecule has 22 heavy (non-hydrogen) atoms. The third-order valence-corrected chi connectivity index (χ3v) is 5.82. The van der Waals surface area contributed by atoms with Gasteiger partial charge in [0, 0.05) is 26.1 Å². The molecule has 5 nitrogen and oxygen atoms in total. The van der Waals surface area contributed by atoms with Crippen molar-refractivity contribution in [1.82, 2.24) is 9.80 Å². The van der Waals surface area contributed by atoms with Crippen LogP contribution < -0.4 is 0 Å². The molecule has 0 spiro atoms. The van der Waals surface area contributed by atoms with E-state index < -0.39 is 0 Å². The fourth-order valence-corrected chi connectivity index (χ4v) is 4.69. The molecule has 0 aromatic heterocycles. The van der Waals surface area contributed by atoms with Crippen LogP contribution in [0.25, 0.3) is 0 Å². The first kappa shape index (κ1) is 14.0. The van der Waals surface area contributed by atoms with Gasteiger partial charge in [-0.25, -0.2) is 0 Å². The maximum absolute atomic E-state index is 12.5. The molecule has 1 saturated carbocycles. The minimum Gasteiger partial charge on any atom is -0.343 e. The van der Waals surface area contributed by atoms with Crippen LogP contribution in [-0.4, -0.2) is 47.2 Å². The van der Waals surface area contributed by atoms with Crippen molar-refractivity contribution in [2.75, 3.05) is 19.6 Å². The maximum atomic E-state index is 12.5. The lowest BCUT2D eigenvalue weighted by molar-refractivity contribution is -0.141. The lowest BCUT2D eigenvalue weighted by Gasteiger charge is -2.27. The van der Waals surface area contributed by atoms with Gasteiger partial charge in [0.05, 0.1) is 11.8 Å². The van der Waals surface area contributed by atoms with Crippen molar-refractivity contribution < 1.29 is 14.4 Å². The summed E-state index contributed by atoms with van der Waals surface area (Å²) in [6.45, 7) is 1.90. The first-order chi connectivity index (χ1) is 10.7. The Morgan fingerprint density at radius 3 is 2.18 bits per heavy atom. The number of rotatable bonds is 3. The van der Waals surface area contributed by atoms with Crippen molar-refractivity contribution >= 4 is 17.7 Å². The van der Waals surface area contributed by atoms with E-state index in [1.54, 1.807) is 0 Å². The Labute approximate surface area is 130 Å². The molecule has 3 amide bonds. The molecule has 0 aromatic carbocycles. The summed E-state index contributed by atoms with van der Waals surface area (Å²) in [5.41, 5.74) is 0. The summed E-state index contributed by atoms with van der Waals surface area (Å²) in [4.78, 5) is 40.5. The van der Waals surface area contributed by atoms with Crippen LogP contribution >= 0.6 is 0 Å². The summed E-state index contributed by atoms with van der Waals surface area (Å²) in [7, 11) is 0. The molecule has 3 fully saturated rings. The van der Waals surface area contributed by atoms with Crippen LogP contribution in [0.4, 0.5) is 0 Å². The number of carbonyl (C=O) groups is 3. The highest BCUT2D eigenvalue weighted by atomic mass is 16.2. The average Bonchev–Trinajstić information content (AvgIpc) is 3.21. The number of imide groups is 1. The predicted octanol–water partition coefficient (Wildman–Crippen LogP) is 1.20. The maximum Gasteiger partial charge on any atom is 0.233 e. The molecule has 2 aliphatic heterocycles. The fourth-order valence-electron chi connectivity index (χ4n) is 4.69. The van der Waals surface area contributed by atoms with Crippen LogP contribution in [0.2, 0.25) is 0 Å². The van der Waals surface area contributed by atoms with Crippen molar-refractivity contribution in [3.8, 4) is 0 Å². The van der Waals surface area contributed by atoms with E-state index in [9.17, 15) is 14.4 Å². The molecule has 2 aliphatic carbocycles. The van der Waals surface area contributed by atoms with Gasteiger partial charge in [-0.1, -0.05) is 12.2 Å². The SMILES string of the molecule is O=C(CCN1C(=O)[C@@H]2[C@@H](C1=O)[C@@H]1C=C[C@@H]2C1)N1CCCCC1. The van der Waals surface area contributed by atoms with Gasteiger partial charge < -0.3 is 4.90 Å². The number of fused-ring (bicyclic) bond motifs is 5. The van der Waals surface area contributed by atoms with Gasteiger partial charge in [-0.15, -0.1) is 0 Å². The van der Waals surface area contributed by atoms with Crippen molar-refractivity contribution in [1.29, 1.82) is 0 Å². The monoisotopic (exact) mass is 302 g/mol. The molecule has 4 rings (SSSR count). The molecule has 5 heteroatoms. The minimum absolute atomic E-state index is 0.0432. The minimum atomic E-state index is -0.146. The summed E-state index contributed by atoms with van der Waals surface area (Å²) < 4.78 is 0. The van der Waals surface area contributed by atoms with Gasteiger partial charge in [-0.3, -0.25) is 19.3 Å². The molecule has 4 atom stereocenters. The van der Waals surface area contributed by atoms with E-state index >= 15 is 0 Å². The number of hydrogen-bond donors (Lipinski definition) is 0. The van der Waals surface area contributed by atoms with Crippen LogP contribution in [0.3, 0.4) is 0 Å². The quantitative estimate of drug-likeness (QED) is 0.581.